The monoisotopic (exact) mass is 326 g/mol. The van der Waals surface area contributed by atoms with E-state index in [0.717, 1.165) is 41.3 Å². The van der Waals surface area contributed by atoms with Crippen LogP contribution in [0.25, 0.3) is 6.08 Å². The number of hydrogen-bond acceptors (Lipinski definition) is 3. The van der Waals surface area contributed by atoms with Crippen LogP contribution in [-0.2, 0) is 9.53 Å². The third-order valence-corrected chi connectivity index (χ3v) is 3.44. The number of aliphatic carboxylic acids is 1. The lowest BCUT2D eigenvalue weighted by atomic mass is 10.2. The van der Waals surface area contributed by atoms with Gasteiger partial charge >= 0.3 is 5.97 Å². The van der Waals surface area contributed by atoms with E-state index < -0.39 is 5.97 Å². The molecule has 0 radical (unpaired) electrons. The first-order chi connectivity index (χ1) is 9.15. The van der Waals surface area contributed by atoms with Crippen LogP contribution in [0.3, 0.4) is 0 Å². The molecule has 1 unspecified atom stereocenters. The number of carboxylic acid groups (broad SMARTS) is 1. The van der Waals surface area contributed by atoms with E-state index in [9.17, 15) is 4.79 Å². The molecule has 2 rings (SSSR count). The number of rotatable bonds is 5. The maximum atomic E-state index is 10.4. The van der Waals surface area contributed by atoms with Crippen LogP contribution in [-0.4, -0.2) is 30.4 Å². The molecule has 1 heterocycles. The zero-order valence-electron chi connectivity index (χ0n) is 10.3. The van der Waals surface area contributed by atoms with Crippen molar-refractivity contribution in [2.75, 3.05) is 13.2 Å². The molecule has 1 aromatic rings. The molecule has 102 valence electrons. The Labute approximate surface area is 120 Å². The average Bonchev–Trinajstić information content (AvgIpc) is 2.88. The van der Waals surface area contributed by atoms with Crippen LogP contribution in [0.4, 0.5) is 0 Å². The molecule has 1 aromatic carbocycles. The van der Waals surface area contributed by atoms with E-state index in [2.05, 4.69) is 15.9 Å². The molecule has 1 aliphatic rings. The first-order valence-electron chi connectivity index (χ1n) is 6.10. The summed E-state index contributed by atoms with van der Waals surface area (Å²) in [4.78, 5) is 10.4. The Balaban J connectivity index is 1.96. The summed E-state index contributed by atoms with van der Waals surface area (Å²) < 4.78 is 12.0. The molecule has 1 N–H and O–H groups in total. The van der Waals surface area contributed by atoms with Gasteiger partial charge in [0.1, 0.15) is 12.4 Å². The molecule has 0 bridgehead atoms. The predicted molar refractivity (Wildman–Crippen MR) is 75.3 cm³/mol. The maximum Gasteiger partial charge on any atom is 0.328 e. The van der Waals surface area contributed by atoms with Crippen molar-refractivity contribution in [3.05, 3.63) is 34.3 Å². The second-order valence-corrected chi connectivity index (χ2v) is 5.16. The zero-order valence-corrected chi connectivity index (χ0v) is 11.9. The van der Waals surface area contributed by atoms with Crippen LogP contribution in [0.1, 0.15) is 18.4 Å². The fourth-order valence-corrected chi connectivity index (χ4v) is 2.37. The Morgan fingerprint density at radius 3 is 3.05 bits per heavy atom. The second-order valence-electron chi connectivity index (χ2n) is 4.31. The number of ether oxygens (including phenoxy) is 2. The fourth-order valence-electron chi connectivity index (χ4n) is 1.86. The fraction of sp³-hybridized carbons (Fsp3) is 0.357. The van der Waals surface area contributed by atoms with Crippen molar-refractivity contribution >= 4 is 28.0 Å². The first kappa shape index (κ1) is 14.1. The molecule has 0 aromatic heterocycles. The van der Waals surface area contributed by atoms with Crippen LogP contribution >= 0.6 is 15.9 Å². The van der Waals surface area contributed by atoms with Crippen molar-refractivity contribution in [3.8, 4) is 5.75 Å². The van der Waals surface area contributed by atoms with Crippen molar-refractivity contribution < 1.29 is 19.4 Å². The smallest absolute Gasteiger partial charge is 0.328 e. The van der Waals surface area contributed by atoms with Gasteiger partial charge in [-0.25, -0.2) is 4.79 Å². The summed E-state index contributed by atoms with van der Waals surface area (Å²) in [6.07, 6.45) is 4.95. The Morgan fingerprint density at radius 2 is 2.42 bits per heavy atom. The Kier molecular flexibility index (Phi) is 4.99. The topological polar surface area (TPSA) is 55.8 Å². The summed E-state index contributed by atoms with van der Waals surface area (Å²) in [5, 5.41) is 8.57. The third-order valence-electron chi connectivity index (χ3n) is 2.82. The highest BCUT2D eigenvalue weighted by atomic mass is 79.9. The van der Waals surface area contributed by atoms with Gasteiger partial charge in [-0.3, -0.25) is 0 Å². The van der Waals surface area contributed by atoms with Gasteiger partial charge in [0.05, 0.1) is 10.6 Å². The Morgan fingerprint density at radius 1 is 1.58 bits per heavy atom. The standard InChI is InChI=1S/C14H15BrO4/c15-12-8-10(4-6-14(16)17)3-5-13(12)19-9-11-2-1-7-18-11/h3-6,8,11H,1-2,7,9H2,(H,16,17). The van der Waals surface area contributed by atoms with Crippen LogP contribution < -0.4 is 4.74 Å². The van der Waals surface area contributed by atoms with Gasteiger partial charge in [-0.05, 0) is 52.5 Å². The van der Waals surface area contributed by atoms with E-state index in [1.54, 1.807) is 0 Å². The van der Waals surface area contributed by atoms with Crippen molar-refractivity contribution in [2.45, 2.75) is 18.9 Å². The first-order valence-corrected chi connectivity index (χ1v) is 6.89. The number of carboxylic acids is 1. The minimum atomic E-state index is -0.963. The number of benzene rings is 1. The van der Waals surface area contributed by atoms with Gasteiger partial charge in [0.2, 0.25) is 0 Å². The Bertz CT molecular complexity index is 478. The van der Waals surface area contributed by atoms with Crippen LogP contribution in [0.5, 0.6) is 5.75 Å². The molecule has 1 saturated heterocycles. The molecule has 1 fully saturated rings. The molecule has 4 nitrogen and oxygen atoms in total. The van der Waals surface area contributed by atoms with Crippen molar-refractivity contribution in [3.63, 3.8) is 0 Å². The molecule has 0 aliphatic carbocycles. The lowest BCUT2D eigenvalue weighted by Crippen LogP contribution is -2.16. The highest BCUT2D eigenvalue weighted by Crippen LogP contribution is 2.27. The van der Waals surface area contributed by atoms with Gasteiger partial charge in [0.15, 0.2) is 0 Å². The number of halogens is 1. The average molecular weight is 327 g/mol. The van der Waals surface area contributed by atoms with Gasteiger partial charge in [0, 0.05) is 12.7 Å². The predicted octanol–water partition coefficient (Wildman–Crippen LogP) is 3.10. The van der Waals surface area contributed by atoms with Gasteiger partial charge in [-0.15, -0.1) is 0 Å². The molecule has 1 aliphatic heterocycles. The highest BCUT2D eigenvalue weighted by Gasteiger charge is 2.16. The molecule has 0 spiro atoms. The second kappa shape index (κ2) is 6.73. The van der Waals surface area contributed by atoms with Crippen LogP contribution in [0.15, 0.2) is 28.7 Å². The van der Waals surface area contributed by atoms with E-state index in [1.165, 1.54) is 6.08 Å². The van der Waals surface area contributed by atoms with E-state index in [0.29, 0.717) is 6.61 Å². The van der Waals surface area contributed by atoms with Gasteiger partial charge in [-0.2, -0.15) is 0 Å². The van der Waals surface area contributed by atoms with Crippen LogP contribution in [0.2, 0.25) is 0 Å². The molecular weight excluding hydrogens is 312 g/mol. The molecule has 5 heteroatoms. The minimum absolute atomic E-state index is 0.179. The summed E-state index contributed by atoms with van der Waals surface area (Å²) in [5.41, 5.74) is 0.804. The highest BCUT2D eigenvalue weighted by molar-refractivity contribution is 9.10. The van der Waals surface area contributed by atoms with Gasteiger partial charge in [-0.1, -0.05) is 6.07 Å². The Hall–Kier alpha value is -1.33. The third kappa shape index (κ3) is 4.36. The summed E-state index contributed by atoms with van der Waals surface area (Å²) in [5.74, 6) is -0.224. The lowest BCUT2D eigenvalue weighted by Gasteiger charge is -2.12. The molecule has 0 amide bonds. The van der Waals surface area contributed by atoms with Gasteiger partial charge in [0.25, 0.3) is 0 Å². The summed E-state index contributed by atoms with van der Waals surface area (Å²) >= 11 is 3.42. The van der Waals surface area contributed by atoms with Crippen LogP contribution in [0, 0.1) is 0 Å². The minimum Gasteiger partial charge on any atom is -0.490 e. The largest absolute Gasteiger partial charge is 0.490 e. The SMILES string of the molecule is O=C(O)C=Cc1ccc(OCC2CCCO2)c(Br)c1. The maximum absolute atomic E-state index is 10.4. The lowest BCUT2D eigenvalue weighted by molar-refractivity contribution is -0.131. The summed E-state index contributed by atoms with van der Waals surface area (Å²) in [6.45, 7) is 1.36. The number of carbonyl (C=O) groups is 1. The summed E-state index contributed by atoms with van der Waals surface area (Å²) in [7, 11) is 0. The number of hydrogen-bond donors (Lipinski definition) is 1. The van der Waals surface area contributed by atoms with E-state index in [4.69, 9.17) is 14.6 Å². The van der Waals surface area contributed by atoms with Crippen molar-refractivity contribution in [1.29, 1.82) is 0 Å². The van der Waals surface area contributed by atoms with Crippen molar-refractivity contribution in [2.24, 2.45) is 0 Å². The normalized spacial score (nSPS) is 18.9. The van der Waals surface area contributed by atoms with Gasteiger partial charge < -0.3 is 14.6 Å². The van der Waals surface area contributed by atoms with E-state index in [1.807, 2.05) is 18.2 Å². The summed E-state index contributed by atoms with van der Waals surface area (Å²) in [6, 6.07) is 5.46. The molecule has 0 saturated carbocycles. The van der Waals surface area contributed by atoms with E-state index in [-0.39, 0.29) is 6.10 Å². The quantitative estimate of drug-likeness (QED) is 0.845. The molecule has 1 atom stereocenters. The zero-order chi connectivity index (χ0) is 13.7. The molecule has 19 heavy (non-hydrogen) atoms. The molecular formula is C14H15BrO4. The van der Waals surface area contributed by atoms with E-state index >= 15 is 0 Å². The van der Waals surface area contributed by atoms with Crippen molar-refractivity contribution in [1.82, 2.24) is 0 Å².